The molecule has 1 aromatic rings. The molecule has 0 saturated heterocycles. The second-order valence-electron chi connectivity index (χ2n) is 6.13. The molecule has 0 amide bonds. The largest absolute Gasteiger partial charge is 0.314 e. The highest BCUT2D eigenvalue weighted by Crippen LogP contribution is 2.38. The van der Waals surface area contributed by atoms with Crippen LogP contribution in [0.25, 0.3) is 0 Å². The summed E-state index contributed by atoms with van der Waals surface area (Å²) in [6.07, 6.45) is 1.73. The minimum absolute atomic E-state index is 0.0261. The van der Waals surface area contributed by atoms with Gasteiger partial charge in [-0.25, -0.2) is 13.2 Å². The van der Waals surface area contributed by atoms with Gasteiger partial charge in [0, 0.05) is 18.9 Å². The van der Waals surface area contributed by atoms with Crippen LogP contribution in [0, 0.1) is 18.7 Å². The van der Waals surface area contributed by atoms with Crippen LogP contribution in [0.4, 0.5) is 13.2 Å². The third-order valence-electron chi connectivity index (χ3n) is 4.55. The third kappa shape index (κ3) is 4.47. The Labute approximate surface area is 124 Å². The van der Waals surface area contributed by atoms with Gasteiger partial charge >= 0.3 is 0 Å². The molecule has 0 aliphatic heterocycles. The molecule has 1 unspecified atom stereocenters. The summed E-state index contributed by atoms with van der Waals surface area (Å²) in [6.45, 7) is 4.78. The zero-order valence-electron chi connectivity index (χ0n) is 12.8. The number of benzene rings is 1. The van der Waals surface area contributed by atoms with Gasteiger partial charge in [-0.2, -0.15) is 0 Å². The van der Waals surface area contributed by atoms with E-state index in [9.17, 15) is 13.2 Å². The van der Waals surface area contributed by atoms with Crippen molar-refractivity contribution in [3.63, 3.8) is 0 Å². The summed E-state index contributed by atoms with van der Waals surface area (Å²) in [5, 5.41) is 3.41. The van der Waals surface area contributed by atoms with Gasteiger partial charge < -0.3 is 5.32 Å². The first-order chi connectivity index (χ1) is 9.91. The molecule has 2 rings (SSSR count). The first kappa shape index (κ1) is 16.3. The zero-order valence-corrected chi connectivity index (χ0v) is 12.8. The highest BCUT2D eigenvalue weighted by Gasteiger charge is 2.37. The lowest BCUT2D eigenvalue weighted by molar-refractivity contribution is -0.0494. The van der Waals surface area contributed by atoms with Gasteiger partial charge in [-0.3, -0.25) is 0 Å². The van der Waals surface area contributed by atoms with Gasteiger partial charge in [-0.05, 0) is 61.9 Å². The number of halogens is 3. The average molecular weight is 299 g/mol. The molecular weight excluding hydrogens is 275 g/mol. The molecule has 1 atom stereocenters. The number of alkyl halides is 2. The van der Waals surface area contributed by atoms with Crippen LogP contribution in [0.2, 0.25) is 0 Å². The lowest BCUT2D eigenvalue weighted by Crippen LogP contribution is -2.41. The first-order valence-electron chi connectivity index (χ1n) is 7.77. The van der Waals surface area contributed by atoms with Crippen molar-refractivity contribution in [1.29, 1.82) is 0 Å². The number of likely N-dealkylation sites (N-methyl/N-ethyl adjacent to an activating group) is 1. The maximum atomic E-state index is 13.4. The second-order valence-corrected chi connectivity index (χ2v) is 6.13. The predicted molar refractivity (Wildman–Crippen MR) is 79.2 cm³/mol. The van der Waals surface area contributed by atoms with E-state index in [0.717, 1.165) is 17.7 Å². The molecule has 1 saturated carbocycles. The maximum Gasteiger partial charge on any atom is 0.248 e. The van der Waals surface area contributed by atoms with Crippen LogP contribution in [0.1, 0.15) is 43.7 Å². The molecule has 0 aromatic heterocycles. The van der Waals surface area contributed by atoms with Gasteiger partial charge in [0.2, 0.25) is 5.92 Å². The summed E-state index contributed by atoms with van der Waals surface area (Å²) in [5.74, 6) is -2.49. The summed E-state index contributed by atoms with van der Waals surface area (Å²) in [6, 6.07) is 4.95. The van der Waals surface area contributed by atoms with Crippen molar-refractivity contribution < 1.29 is 13.2 Å². The molecule has 118 valence electrons. The Bertz CT molecular complexity index is 463. The van der Waals surface area contributed by atoms with E-state index in [-0.39, 0.29) is 30.6 Å². The Balaban J connectivity index is 2.07. The Morgan fingerprint density at radius 3 is 2.57 bits per heavy atom. The lowest BCUT2D eigenvalue weighted by atomic mass is 9.79. The van der Waals surface area contributed by atoms with Crippen molar-refractivity contribution >= 4 is 0 Å². The molecule has 21 heavy (non-hydrogen) atoms. The van der Waals surface area contributed by atoms with Crippen molar-refractivity contribution in [2.45, 2.75) is 57.9 Å². The molecule has 4 heteroatoms. The summed E-state index contributed by atoms with van der Waals surface area (Å²) in [5.41, 5.74) is 2.03. The van der Waals surface area contributed by atoms with Gasteiger partial charge in [0.05, 0.1) is 0 Å². The van der Waals surface area contributed by atoms with E-state index >= 15 is 0 Å². The normalized spacial score (nSPS) is 20.4. The Morgan fingerprint density at radius 2 is 1.95 bits per heavy atom. The van der Waals surface area contributed by atoms with Crippen LogP contribution in [0.5, 0.6) is 0 Å². The highest BCUT2D eigenvalue weighted by molar-refractivity contribution is 5.27. The summed E-state index contributed by atoms with van der Waals surface area (Å²) >= 11 is 0. The molecule has 1 aliphatic carbocycles. The topological polar surface area (TPSA) is 12.0 Å². The minimum atomic E-state index is -2.50. The van der Waals surface area contributed by atoms with Crippen LogP contribution < -0.4 is 5.32 Å². The van der Waals surface area contributed by atoms with Gasteiger partial charge in [0.1, 0.15) is 5.82 Å². The molecule has 0 spiro atoms. The minimum Gasteiger partial charge on any atom is -0.314 e. The van der Waals surface area contributed by atoms with Crippen LogP contribution in [0.3, 0.4) is 0 Å². The Kier molecular flexibility index (Phi) is 5.31. The lowest BCUT2D eigenvalue weighted by Gasteiger charge is -2.34. The van der Waals surface area contributed by atoms with E-state index in [0.29, 0.717) is 19.3 Å². The van der Waals surface area contributed by atoms with Gasteiger partial charge in [0.25, 0.3) is 0 Å². The van der Waals surface area contributed by atoms with Crippen LogP contribution in [0.15, 0.2) is 18.2 Å². The molecule has 0 radical (unpaired) electrons. The molecule has 1 nitrogen and oxygen atoms in total. The number of hydrogen-bond acceptors (Lipinski definition) is 1. The molecule has 0 heterocycles. The van der Waals surface area contributed by atoms with Crippen LogP contribution in [-0.2, 0) is 6.42 Å². The fourth-order valence-corrected chi connectivity index (χ4v) is 3.23. The molecule has 1 aromatic carbocycles. The fourth-order valence-electron chi connectivity index (χ4n) is 3.23. The number of hydrogen-bond donors (Lipinski definition) is 1. The smallest absolute Gasteiger partial charge is 0.248 e. The standard InChI is InChI=1S/C17H24F3N/c1-3-21-16(13-6-8-17(19,20)9-7-13)11-14-10-15(18)5-4-12(14)2/h4-5,10,13,16,21H,3,6-9,11H2,1-2H3. The molecule has 1 N–H and O–H groups in total. The van der Waals surface area contributed by atoms with Crippen LogP contribution in [-0.4, -0.2) is 18.5 Å². The maximum absolute atomic E-state index is 13.4. The van der Waals surface area contributed by atoms with E-state index in [2.05, 4.69) is 5.32 Å². The Morgan fingerprint density at radius 1 is 1.29 bits per heavy atom. The highest BCUT2D eigenvalue weighted by atomic mass is 19.3. The average Bonchev–Trinajstić information content (AvgIpc) is 2.42. The number of aryl methyl sites for hydroxylation is 1. The predicted octanol–water partition coefficient (Wildman–Crippen LogP) is 4.48. The SMILES string of the molecule is CCNC(Cc1cc(F)ccc1C)C1CCC(F)(F)CC1. The van der Waals surface area contributed by atoms with Crippen molar-refractivity contribution in [3.8, 4) is 0 Å². The molecule has 0 bridgehead atoms. The third-order valence-corrected chi connectivity index (χ3v) is 4.55. The van der Waals surface area contributed by atoms with Crippen molar-refractivity contribution in [3.05, 3.63) is 35.1 Å². The van der Waals surface area contributed by atoms with Gasteiger partial charge in [-0.15, -0.1) is 0 Å². The molecular formula is C17H24F3N. The van der Waals surface area contributed by atoms with Gasteiger partial charge in [0.15, 0.2) is 0 Å². The molecule has 1 fully saturated rings. The van der Waals surface area contributed by atoms with E-state index in [1.807, 2.05) is 13.8 Å². The van der Waals surface area contributed by atoms with E-state index in [1.54, 1.807) is 12.1 Å². The second kappa shape index (κ2) is 6.82. The van der Waals surface area contributed by atoms with Gasteiger partial charge in [-0.1, -0.05) is 13.0 Å². The first-order valence-corrected chi connectivity index (χ1v) is 7.77. The van der Waals surface area contributed by atoms with Crippen molar-refractivity contribution in [1.82, 2.24) is 5.32 Å². The number of nitrogens with one attached hydrogen (secondary N) is 1. The monoisotopic (exact) mass is 299 g/mol. The fraction of sp³-hybridized carbons (Fsp3) is 0.647. The molecule has 1 aliphatic rings. The van der Waals surface area contributed by atoms with Crippen molar-refractivity contribution in [2.24, 2.45) is 5.92 Å². The summed E-state index contributed by atoms with van der Waals surface area (Å²) < 4.78 is 40.0. The van der Waals surface area contributed by atoms with E-state index < -0.39 is 5.92 Å². The van der Waals surface area contributed by atoms with Crippen molar-refractivity contribution in [2.75, 3.05) is 6.54 Å². The quantitative estimate of drug-likeness (QED) is 0.845. The number of rotatable bonds is 5. The van der Waals surface area contributed by atoms with Crippen LogP contribution >= 0.6 is 0 Å². The summed E-state index contributed by atoms with van der Waals surface area (Å²) in [4.78, 5) is 0. The summed E-state index contributed by atoms with van der Waals surface area (Å²) in [7, 11) is 0. The Hall–Kier alpha value is -1.03. The van der Waals surface area contributed by atoms with E-state index in [4.69, 9.17) is 0 Å². The zero-order chi connectivity index (χ0) is 15.5. The van der Waals surface area contributed by atoms with E-state index in [1.165, 1.54) is 6.07 Å².